The molecule has 90 valence electrons. The number of aryl methyl sites for hydroxylation is 1. The summed E-state index contributed by atoms with van der Waals surface area (Å²) in [4.78, 5) is 0. The van der Waals surface area contributed by atoms with Crippen molar-refractivity contribution in [1.82, 2.24) is 15.1 Å². The van der Waals surface area contributed by atoms with E-state index in [4.69, 9.17) is 0 Å². The van der Waals surface area contributed by atoms with E-state index in [1.165, 1.54) is 5.56 Å². The number of nitrogens with zero attached hydrogens (tertiary/aromatic N) is 2. The third-order valence-electron chi connectivity index (χ3n) is 2.77. The number of phenolic OH excluding ortho intramolecular Hbond substituents is 1. The first-order valence-corrected chi connectivity index (χ1v) is 5.65. The first-order valence-electron chi connectivity index (χ1n) is 5.65. The lowest BCUT2D eigenvalue weighted by Gasteiger charge is -2.11. The van der Waals surface area contributed by atoms with Gasteiger partial charge in [0, 0.05) is 31.4 Å². The highest BCUT2D eigenvalue weighted by Crippen LogP contribution is 2.13. The minimum atomic E-state index is 0.262. The number of hydrogen-bond acceptors (Lipinski definition) is 3. The number of hydrogen-bond donors (Lipinski definition) is 2. The Morgan fingerprint density at radius 2 is 2.06 bits per heavy atom. The molecule has 2 rings (SSSR count). The largest absolute Gasteiger partial charge is 0.508 e. The first kappa shape index (κ1) is 11.7. The van der Waals surface area contributed by atoms with E-state index >= 15 is 0 Å². The predicted molar refractivity (Wildman–Crippen MR) is 66.6 cm³/mol. The Morgan fingerprint density at radius 3 is 2.65 bits per heavy atom. The summed E-state index contributed by atoms with van der Waals surface area (Å²) in [5, 5.41) is 16.7. The lowest BCUT2D eigenvalue weighted by Crippen LogP contribution is -2.17. The summed E-state index contributed by atoms with van der Waals surface area (Å²) in [6, 6.07) is 7.49. The zero-order chi connectivity index (χ0) is 12.3. The van der Waals surface area contributed by atoms with Crippen LogP contribution in [0.3, 0.4) is 0 Å². The molecule has 0 saturated heterocycles. The van der Waals surface area contributed by atoms with Crippen LogP contribution < -0.4 is 5.32 Å². The molecule has 0 amide bonds. The molecule has 0 aliphatic heterocycles. The van der Waals surface area contributed by atoms with Gasteiger partial charge in [-0.3, -0.25) is 4.68 Å². The van der Waals surface area contributed by atoms with Crippen molar-refractivity contribution in [3.63, 3.8) is 0 Å². The summed E-state index contributed by atoms with van der Waals surface area (Å²) in [7, 11) is 1.91. The highest BCUT2D eigenvalue weighted by atomic mass is 16.3. The van der Waals surface area contributed by atoms with Crippen molar-refractivity contribution < 1.29 is 5.11 Å². The van der Waals surface area contributed by atoms with Crippen molar-refractivity contribution >= 4 is 0 Å². The van der Waals surface area contributed by atoms with Gasteiger partial charge in [0.1, 0.15) is 5.75 Å². The normalized spacial score (nSPS) is 12.6. The van der Waals surface area contributed by atoms with Crippen LogP contribution in [0.15, 0.2) is 36.7 Å². The van der Waals surface area contributed by atoms with Crippen LogP contribution in [0.25, 0.3) is 0 Å². The number of phenols is 1. The van der Waals surface area contributed by atoms with E-state index in [1.54, 1.807) is 16.8 Å². The highest BCUT2D eigenvalue weighted by molar-refractivity contribution is 5.25. The van der Waals surface area contributed by atoms with Crippen LogP contribution in [0.1, 0.15) is 24.1 Å². The molecule has 4 heteroatoms. The molecule has 0 spiro atoms. The van der Waals surface area contributed by atoms with Crippen molar-refractivity contribution in [2.24, 2.45) is 7.05 Å². The van der Waals surface area contributed by atoms with E-state index < -0.39 is 0 Å². The summed E-state index contributed by atoms with van der Waals surface area (Å²) in [6.45, 7) is 2.88. The van der Waals surface area contributed by atoms with Gasteiger partial charge >= 0.3 is 0 Å². The molecule has 0 bridgehead atoms. The second kappa shape index (κ2) is 5.01. The molecule has 0 radical (unpaired) electrons. The molecule has 0 saturated carbocycles. The van der Waals surface area contributed by atoms with Gasteiger partial charge < -0.3 is 10.4 Å². The molecule has 0 fully saturated rings. The molecule has 2 aromatic rings. The Bertz CT molecular complexity index is 476. The molecular weight excluding hydrogens is 214 g/mol. The second-order valence-corrected chi connectivity index (χ2v) is 4.22. The van der Waals surface area contributed by atoms with Gasteiger partial charge in [-0.05, 0) is 24.6 Å². The number of nitrogens with one attached hydrogen (secondary N) is 1. The molecule has 1 unspecified atom stereocenters. The van der Waals surface area contributed by atoms with E-state index in [-0.39, 0.29) is 6.04 Å². The summed E-state index contributed by atoms with van der Waals surface area (Å²) < 4.78 is 1.80. The van der Waals surface area contributed by atoms with Crippen LogP contribution in [-0.4, -0.2) is 14.9 Å². The van der Waals surface area contributed by atoms with Gasteiger partial charge in [-0.2, -0.15) is 5.10 Å². The summed E-state index contributed by atoms with van der Waals surface area (Å²) in [5.74, 6) is 0.300. The lowest BCUT2D eigenvalue weighted by molar-refractivity contribution is 0.474. The molecule has 1 heterocycles. The Hall–Kier alpha value is -1.81. The molecule has 0 aliphatic rings. The van der Waals surface area contributed by atoms with E-state index in [1.807, 2.05) is 31.6 Å². The summed E-state index contributed by atoms with van der Waals surface area (Å²) >= 11 is 0. The van der Waals surface area contributed by atoms with Crippen LogP contribution in [0, 0.1) is 0 Å². The maximum absolute atomic E-state index is 9.18. The summed E-state index contributed by atoms with van der Waals surface area (Å²) in [6.07, 6.45) is 3.88. The second-order valence-electron chi connectivity index (χ2n) is 4.22. The Balaban J connectivity index is 1.92. The Labute approximate surface area is 101 Å². The molecule has 0 aliphatic carbocycles. The van der Waals surface area contributed by atoms with Crippen molar-refractivity contribution in [2.75, 3.05) is 0 Å². The van der Waals surface area contributed by atoms with Gasteiger partial charge in [-0.1, -0.05) is 12.1 Å². The fraction of sp³-hybridized carbons (Fsp3) is 0.308. The fourth-order valence-electron chi connectivity index (χ4n) is 1.67. The monoisotopic (exact) mass is 231 g/mol. The third-order valence-corrected chi connectivity index (χ3v) is 2.77. The number of rotatable bonds is 4. The van der Waals surface area contributed by atoms with Crippen molar-refractivity contribution in [2.45, 2.75) is 19.5 Å². The molecule has 4 nitrogen and oxygen atoms in total. The summed E-state index contributed by atoms with van der Waals surface area (Å²) in [5.41, 5.74) is 2.32. The number of benzene rings is 1. The van der Waals surface area contributed by atoms with Gasteiger partial charge in [0.05, 0.1) is 6.20 Å². The zero-order valence-corrected chi connectivity index (χ0v) is 10.1. The molecule has 1 aromatic heterocycles. The quantitative estimate of drug-likeness (QED) is 0.846. The number of aromatic nitrogens is 2. The predicted octanol–water partition coefficient (Wildman–Crippen LogP) is 1.98. The molecule has 2 N–H and O–H groups in total. The average Bonchev–Trinajstić information content (AvgIpc) is 2.75. The standard InChI is InChI=1S/C13H17N3O/c1-10(12-8-15-16(2)9-12)14-7-11-3-5-13(17)6-4-11/h3-6,8-10,14,17H,7H2,1-2H3. The van der Waals surface area contributed by atoms with E-state index in [2.05, 4.69) is 17.3 Å². The molecule has 1 aromatic carbocycles. The van der Waals surface area contributed by atoms with E-state index in [0.29, 0.717) is 5.75 Å². The smallest absolute Gasteiger partial charge is 0.115 e. The van der Waals surface area contributed by atoms with Crippen LogP contribution in [-0.2, 0) is 13.6 Å². The molecule has 1 atom stereocenters. The van der Waals surface area contributed by atoms with Gasteiger partial charge in [0.15, 0.2) is 0 Å². The van der Waals surface area contributed by atoms with E-state index in [0.717, 1.165) is 12.1 Å². The van der Waals surface area contributed by atoms with Gasteiger partial charge in [0.25, 0.3) is 0 Å². The van der Waals surface area contributed by atoms with Gasteiger partial charge in [-0.25, -0.2) is 0 Å². The third kappa shape index (κ3) is 3.07. The average molecular weight is 231 g/mol. The molecule has 17 heavy (non-hydrogen) atoms. The maximum atomic E-state index is 9.18. The topological polar surface area (TPSA) is 50.1 Å². The minimum absolute atomic E-state index is 0.262. The SMILES string of the molecule is CC(NCc1ccc(O)cc1)c1cnn(C)c1. The zero-order valence-electron chi connectivity index (χ0n) is 10.1. The van der Waals surface area contributed by atoms with E-state index in [9.17, 15) is 5.11 Å². The van der Waals surface area contributed by atoms with Crippen molar-refractivity contribution in [1.29, 1.82) is 0 Å². The van der Waals surface area contributed by atoms with Crippen LogP contribution in [0.5, 0.6) is 5.75 Å². The van der Waals surface area contributed by atoms with Crippen molar-refractivity contribution in [3.8, 4) is 5.75 Å². The fourth-order valence-corrected chi connectivity index (χ4v) is 1.67. The number of aromatic hydroxyl groups is 1. The van der Waals surface area contributed by atoms with Gasteiger partial charge in [0.2, 0.25) is 0 Å². The van der Waals surface area contributed by atoms with Crippen molar-refractivity contribution in [3.05, 3.63) is 47.8 Å². The molecular formula is C13H17N3O. The van der Waals surface area contributed by atoms with Gasteiger partial charge in [-0.15, -0.1) is 0 Å². The Kier molecular flexibility index (Phi) is 3.44. The Morgan fingerprint density at radius 1 is 1.35 bits per heavy atom. The highest BCUT2D eigenvalue weighted by Gasteiger charge is 2.06. The first-order chi connectivity index (χ1) is 8.15. The van der Waals surface area contributed by atoms with Crippen LogP contribution in [0.4, 0.5) is 0 Å². The maximum Gasteiger partial charge on any atom is 0.115 e. The minimum Gasteiger partial charge on any atom is -0.508 e. The van der Waals surface area contributed by atoms with Crippen LogP contribution >= 0.6 is 0 Å². The van der Waals surface area contributed by atoms with Crippen LogP contribution in [0.2, 0.25) is 0 Å². The lowest BCUT2D eigenvalue weighted by atomic mass is 10.1.